The number of thiophene rings is 1. The van der Waals surface area contributed by atoms with Gasteiger partial charge in [-0.3, -0.25) is 14.9 Å². The average molecular weight is 296 g/mol. The number of nitrogens with one attached hydrogen (secondary N) is 2. The molecule has 0 spiro atoms. The fourth-order valence-electron chi connectivity index (χ4n) is 1.78. The van der Waals surface area contributed by atoms with Crippen molar-refractivity contribution >= 4 is 29.1 Å². The minimum Gasteiger partial charge on any atom is -0.306 e. The molecule has 0 bridgehead atoms. The Morgan fingerprint density at radius 1 is 1.29 bits per heavy atom. The van der Waals surface area contributed by atoms with Crippen molar-refractivity contribution in [2.75, 3.05) is 5.32 Å². The predicted molar refractivity (Wildman–Crippen MR) is 83.8 cm³/mol. The molecule has 0 fully saturated rings. The Hall–Kier alpha value is -2.73. The topological polar surface area (TPSA) is 70.7 Å². The molecule has 0 aliphatic rings. The number of rotatable bonds is 4. The predicted octanol–water partition coefficient (Wildman–Crippen LogP) is 3.19. The van der Waals surface area contributed by atoms with Crippen molar-refractivity contribution in [3.8, 4) is 11.3 Å². The summed E-state index contributed by atoms with van der Waals surface area (Å²) in [5.74, 6) is 0.277. The molecule has 0 aromatic carbocycles. The molecule has 3 aromatic heterocycles. The van der Waals surface area contributed by atoms with E-state index in [-0.39, 0.29) is 5.91 Å². The molecular formula is C15H12N4OS. The minimum absolute atomic E-state index is 0.212. The zero-order valence-electron chi connectivity index (χ0n) is 11.0. The molecule has 0 aliphatic carbocycles. The van der Waals surface area contributed by atoms with Gasteiger partial charge < -0.3 is 5.32 Å². The molecule has 0 saturated heterocycles. The molecule has 6 heteroatoms. The first kappa shape index (κ1) is 13.3. The Kier molecular flexibility index (Phi) is 3.88. The Balaban J connectivity index is 1.66. The quantitative estimate of drug-likeness (QED) is 0.726. The third-order valence-corrected chi connectivity index (χ3v) is 3.60. The molecule has 104 valence electrons. The fourth-order valence-corrected chi connectivity index (χ4v) is 2.39. The molecule has 0 saturated carbocycles. The van der Waals surface area contributed by atoms with Crippen LogP contribution in [0.3, 0.4) is 0 Å². The molecular weight excluding hydrogens is 284 g/mol. The third-order valence-electron chi connectivity index (χ3n) is 2.76. The summed E-state index contributed by atoms with van der Waals surface area (Å²) in [6, 6.07) is 9.42. The molecule has 0 atom stereocenters. The smallest absolute Gasteiger partial charge is 0.249 e. The molecule has 1 amide bonds. The lowest BCUT2D eigenvalue weighted by molar-refractivity contribution is -0.111. The highest BCUT2D eigenvalue weighted by molar-refractivity contribution is 7.10. The molecule has 3 rings (SSSR count). The van der Waals surface area contributed by atoms with E-state index in [1.54, 1.807) is 35.9 Å². The summed E-state index contributed by atoms with van der Waals surface area (Å²) in [5, 5.41) is 11.6. The second kappa shape index (κ2) is 6.15. The van der Waals surface area contributed by atoms with Gasteiger partial charge in [-0.15, -0.1) is 11.3 Å². The maximum absolute atomic E-state index is 11.8. The first-order chi connectivity index (χ1) is 10.3. The summed E-state index contributed by atoms with van der Waals surface area (Å²) in [6.07, 6.45) is 6.68. The number of carbonyl (C=O) groups is 1. The van der Waals surface area contributed by atoms with E-state index in [0.717, 1.165) is 16.1 Å². The van der Waals surface area contributed by atoms with E-state index in [1.165, 1.54) is 6.08 Å². The number of carbonyl (C=O) groups excluding carboxylic acids is 1. The number of H-pyrrole nitrogens is 1. The highest BCUT2D eigenvalue weighted by Gasteiger charge is 2.05. The van der Waals surface area contributed by atoms with Crippen molar-refractivity contribution in [2.45, 2.75) is 0 Å². The van der Waals surface area contributed by atoms with Crippen molar-refractivity contribution < 1.29 is 4.79 Å². The highest BCUT2D eigenvalue weighted by atomic mass is 32.1. The molecule has 0 aliphatic heterocycles. The van der Waals surface area contributed by atoms with E-state index in [2.05, 4.69) is 20.5 Å². The van der Waals surface area contributed by atoms with Gasteiger partial charge in [0.05, 0.1) is 5.69 Å². The largest absolute Gasteiger partial charge is 0.306 e. The Bertz CT molecular complexity index is 747. The summed E-state index contributed by atoms with van der Waals surface area (Å²) in [6.45, 7) is 0. The van der Waals surface area contributed by atoms with Crippen LogP contribution < -0.4 is 5.32 Å². The van der Waals surface area contributed by atoms with E-state index in [9.17, 15) is 4.79 Å². The Morgan fingerprint density at radius 2 is 2.14 bits per heavy atom. The van der Waals surface area contributed by atoms with Gasteiger partial charge in [0.2, 0.25) is 5.91 Å². The molecule has 21 heavy (non-hydrogen) atoms. The number of aromatic amines is 1. The van der Waals surface area contributed by atoms with E-state index in [1.807, 2.05) is 29.6 Å². The number of hydrogen-bond acceptors (Lipinski definition) is 4. The van der Waals surface area contributed by atoms with Crippen LogP contribution in [0.4, 0.5) is 5.82 Å². The van der Waals surface area contributed by atoms with Crippen LogP contribution in [-0.2, 0) is 4.79 Å². The van der Waals surface area contributed by atoms with Gasteiger partial charge in [0.1, 0.15) is 0 Å². The standard InChI is InChI=1S/C15H12N4OS/c20-15(4-3-12-2-1-9-21-12)17-14-10-13(18-19-14)11-5-7-16-8-6-11/h1-10H,(H2,17,18,19,20)/b4-3+. The lowest BCUT2D eigenvalue weighted by atomic mass is 10.2. The Labute approximate surface area is 125 Å². The van der Waals surface area contributed by atoms with E-state index >= 15 is 0 Å². The van der Waals surface area contributed by atoms with Gasteiger partial charge in [0, 0.05) is 35.0 Å². The van der Waals surface area contributed by atoms with Crippen LogP contribution in [0.1, 0.15) is 4.88 Å². The summed E-state index contributed by atoms with van der Waals surface area (Å²) >= 11 is 1.58. The maximum atomic E-state index is 11.8. The van der Waals surface area contributed by atoms with Crippen LogP contribution in [0, 0.1) is 0 Å². The second-order valence-electron chi connectivity index (χ2n) is 4.24. The van der Waals surface area contributed by atoms with Crippen LogP contribution in [-0.4, -0.2) is 21.1 Å². The first-order valence-electron chi connectivity index (χ1n) is 6.29. The average Bonchev–Trinajstić information content (AvgIpc) is 3.17. The van der Waals surface area contributed by atoms with Crippen molar-refractivity contribution in [2.24, 2.45) is 0 Å². The number of anilines is 1. The van der Waals surface area contributed by atoms with Gasteiger partial charge in [-0.1, -0.05) is 6.07 Å². The first-order valence-corrected chi connectivity index (χ1v) is 7.17. The lowest BCUT2D eigenvalue weighted by Gasteiger charge is -1.95. The summed E-state index contributed by atoms with van der Waals surface area (Å²) in [4.78, 5) is 16.8. The number of hydrogen-bond donors (Lipinski definition) is 2. The van der Waals surface area contributed by atoms with Crippen LogP contribution >= 0.6 is 11.3 Å². The molecule has 3 aromatic rings. The SMILES string of the molecule is O=C(/C=C/c1cccs1)Nc1cc(-c2ccncc2)[nH]n1. The molecule has 0 unspecified atom stereocenters. The van der Waals surface area contributed by atoms with Gasteiger partial charge in [0.25, 0.3) is 0 Å². The summed E-state index contributed by atoms with van der Waals surface area (Å²) in [5.41, 5.74) is 1.79. The highest BCUT2D eigenvalue weighted by Crippen LogP contribution is 2.18. The maximum Gasteiger partial charge on any atom is 0.249 e. The van der Waals surface area contributed by atoms with Crippen LogP contribution in [0.5, 0.6) is 0 Å². The number of nitrogens with zero attached hydrogens (tertiary/aromatic N) is 2. The summed E-state index contributed by atoms with van der Waals surface area (Å²) < 4.78 is 0. The van der Waals surface area contributed by atoms with Gasteiger partial charge in [-0.2, -0.15) is 5.10 Å². The third kappa shape index (κ3) is 3.43. The van der Waals surface area contributed by atoms with Crippen LogP contribution in [0.2, 0.25) is 0 Å². The molecule has 5 nitrogen and oxygen atoms in total. The zero-order chi connectivity index (χ0) is 14.5. The van der Waals surface area contributed by atoms with Gasteiger partial charge in [-0.05, 0) is 29.7 Å². The number of amides is 1. The van der Waals surface area contributed by atoms with Crippen LogP contribution in [0.15, 0.2) is 54.2 Å². The van der Waals surface area contributed by atoms with E-state index < -0.39 is 0 Å². The van der Waals surface area contributed by atoms with Gasteiger partial charge in [-0.25, -0.2) is 0 Å². The monoisotopic (exact) mass is 296 g/mol. The van der Waals surface area contributed by atoms with Crippen molar-refractivity contribution in [1.29, 1.82) is 0 Å². The molecule has 0 radical (unpaired) electrons. The lowest BCUT2D eigenvalue weighted by Crippen LogP contribution is -2.07. The number of pyridine rings is 1. The van der Waals surface area contributed by atoms with E-state index in [4.69, 9.17) is 0 Å². The minimum atomic E-state index is -0.212. The van der Waals surface area contributed by atoms with E-state index in [0.29, 0.717) is 5.82 Å². The van der Waals surface area contributed by atoms with Crippen molar-refractivity contribution in [3.05, 3.63) is 59.1 Å². The molecule has 2 N–H and O–H groups in total. The van der Waals surface area contributed by atoms with Crippen LogP contribution in [0.25, 0.3) is 17.3 Å². The van der Waals surface area contributed by atoms with Crippen molar-refractivity contribution in [1.82, 2.24) is 15.2 Å². The van der Waals surface area contributed by atoms with Crippen molar-refractivity contribution in [3.63, 3.8) is 0 Å². The summed E-state index contributed by atoms with van der Waals surface area (Å²) in [7, 11) is 0. The van der Waals surface area contributed by atoms with Gasteiger partial charge in [0.15, 0.2) is 5.82 Å². The normalized spacial score (nSPS) is 10.9. The molecule has 3 heterocycles. The Morgan fingerprint density at radius 3 is 2.90 bits per heavy atom. The zero-order valence-corrected chi connectivity index (χ0v) is 11.8. The second-order valence-corrected chi connectivity index (χ2v) is 5.22. The number of aromatic nitrogens is 3. The van der Waals surface area contributed by atoms with Gasteiger partial charge >= 0.3 is 0 Å². The fraction of sp³-hybridized carbons (Fsp3) is 0.